The molecule has 3 nitrogen and oxygen atoms in total. The van der Waals surface area contributed by atoms with Gasteiger partial charge in [-0.15, -0.1) is 0 Å². The Morgan fingerprint density at radius 1 is 0.395 bits per heavy atom. The Morgan fingerprint density at radius 3 is 0.632 bits per heavy atom. The minimum Gasteiger partial charge on any atom is -0.464 e. The lowest BCUT2D eigenvalue weighted by atomic mass is 10.8. The van der Waals surface area contributed by atoms with E-state index in [-0.39, 0.29) is 6.67 Å². The van der Waals surface area contributed by atoms with Crippen LogP contribution in [0.3, 0.4) is 0 Å². The summed E-state index contributed by atoms with van der Waals surface area (Å²) in [5.41, 5.74) is 0. The zero-order valence-corrected chi connectivity index (χ0v) is 20.0. The molecule has 0 aromatic heterocycles. The Kier molecular flexibility index (Phi) is 69.9. The number of halogens is 17. The highest BCUT2D eigenvalue weighted by atomic mass is 19.3. The van der Waals surface area contributed by atoms with Gasteiger partial charge in [0, 0.05) is 0 Å². The van der Waals surface area contributed by atoms with Crippen LogP contribution in [-0.4, -0.2) is 74.2 Å². The first-order chi connectivity index (χ1) is 17.9. The van der Waals surface area contributed by atoms with Gasteiger partial charge in [-0.3, -0.25) is 13.2 Å². The maximum absolute atomic E-state index is 11.5. The highest BCUT2D eigenvalue weighted by Gasteiger charge is 2.05. The quantitative estimate of drug-likeness (QED) is 0.182. The molecule has 0 saturated heterocycles. The Morgan fingerprint density at radius 2 is 0.553 bits per heavy atom. The SMILES string of the molecule is CCF.CF.CF.FCCF.FCCOC(F)=C(F)F.FCCOC(F)=C(F)F.FCCOC(F)=C(F)F. The fraction of sp³-hybridized carbons (Fsp3) is 0.667. The van der Waals surface area contributed by atoms with Gasteiger partial charge in [0.05, 0.1) is 21.0 Å². The Balaban J connectivity index is -0.0000000638. The van der Waals surface area contributed by atoms with Crippen molar-refractivity contribution in [2.75, 3.05) is 74.2 Å². The third-order valence-electron chi connectivity index (χ3n) is 1.43. The van der Waals surface area contributed by atoms with Gasteiger partial charge in [-0.05, 0) is 6.92 Å². The standard InChI is InChI=1S/3C4H4F4O.C2H4F2.C2H5F.2CH3F/c3*5-1-2-9-4(8)3(6)7;3-1-2-4;1-2-3;2*1-2/h3*1-2H2;1-2H2;2H2,1H3;2*1H3. The van der Waals surface area contributed by atoms with E-state index in [1.807, 2.05) is 0 Å². The van der Waals surface area contributed by atoms with Crippen LogP contribution in [0.15, 0.2) is 36.3 Å². The number of rotatable bonds is 10. The lowest BCUT2D eigenvalue weighted by Crippen LogP contribution is -1.92. The van der Waals surface area contributed by atoms with Crippen LogP contribution in [0.4, 0.5) is 74.6 Å². The summed E-state index contributed by atoms with van der Waals surface area (Å²) in [7, 11) is 1.00. The molecule has 0 aliphatic heterocycles. The first-order valence-corrected chi connectivity index (χ1v) is 9.00. The van der Waals surface area contributed by atoms with Crippen LogP contribution in [0.2, 0.25) is 0 Å². The molecule has 0 radical (unpaired) electrons. The molecule has 0 rings (SSSR count). The maximum atomic E-state index is 11.5. The van der Waals surface area contributed by atoms with Gasteiger partial charge >= 0.3 is 36.3 Å². The minimum atomic E-state index is -2.57. The van der Waals surface area contributed by atoms with Crippen LogP contribution in [0.1, 0.15) is 6.92 Å². The van der Waals surface area contributed by atoms with E-state index >= 15 is 0 Å². The fourth-order valence-corrected chi connectivity index (χ4v) is 0.548. The summed E-state index contributed by atoms with van der Waals surface area (Å²) in [4.78, 5) is 0. The van der Waals surface area contributed by atoms with Crippen molar-refractivity contribution >= 4 is 0 Å². The zero-order valence-electron chi connectivity index (χ0n) is 20.0. The predicted molar refractivity (Wildman–Crippen MR) is 104 cm³/mol. The molecule has 0 aliphatic rings. The van der Waals surface area contributed by atoms with Crippen molar-refractivity contribution in [1.29, 1.82) is 0 Å². The summed E-state index contributed by atoms with van der Waals surface area (Å²) in [6.07, 6.45) is -7.70. The molecule has 0 fully saturated rings. The van der Waals surface area contributed by atoms with Gasteiger partial charge in [-0.25, -0.2) is 22.0 Å². The Bertz CT molecular complexity index is 440. The molecule has 20 heteroatoms. The second kappa shape index (κ2) is 51.1. The van der Waals surface area contributed by atoms with E-state index in [0.717, 1.165) is 0 Å². The van der Waals surface area contributed by atoms with Crippen LogP contribution < -0.4 is 0 Å². The van der Waals surface area contributed by atoms with Gasteiger partial charge in [0.25, 0.3) is 0 Å². The fourth-order valence-electron chi connectivity index (χ4n) is 0.548. The lowest BCUT2D eigenvalue weighted by Gasteiger charge is -1.95. The van der Waals surface area contributed by atoms with E-state index in [1.165, 1.54) is 6.92 Å². The van der Waals surface area contributed by atoms with E-state index in [9.17, 15) is 74.6 Å². The summed E-state index contributed by atoms with van der Waals surface area (Å²) in [6.45, 7) is -5.47. The summed E-state index contributed by atoms with van der Waals surface area (Å²) in [6, 6.07) is -6.02. The van der Waals surface area contributed by atoms with E-state index in [4.69, 9.17) is 0 Å². The second-order valence-corrected chi connectivity index (χ2v) is 3.86. The van der Waals surface area contributed by atoms with Gasteiger partial charge in [0.1, 0.15) is 53.2 Å². The van der Waals surface area contributed by atoms with Crippen molar-refractivity contribution in [3.8, 4) is 0 Å². The molecule has 236 valence electrons. The van der Waals surface area contributed by atoms with Crippen LogP contribution in [0, 0.1) is 0 Å². The molecular formula is C18H27F17O3. The molecular weight excluding hydrogens is 587 g/mol. The smallest absolute Gasteiger partial charge is 0.342 e. The average molecular weight is 614 g/mol. The largest absolute Gasteiger partial charge is 0.464 e. The summed E-state index contributed by atoms with van der Waals surface area (Å²) in [5.74, 6) is 0. The van der Waals surface area contributed by atoms with E-state index in [2.05, 4.69) is 14.2 Å². The van der Waals surface area contributed by atoms with Crippen molar-refractivity contribution in [2.45, 2.75) is 6.92 Å². The molecule has 38 heavy (non-hydrogen) atoms. The zero-order chi connectivity index (χ0) is 31.9. The lowest BCUT2D eigenvalue weighted by molar-refractivity contribution is 0.108. The predicted octanol–water partition coefficient (Wildman–Crippen LogP) is 9.10. The summed E-state index contributed by atoms with van der Waals surface area (Å²) < 4.78 is 194. The van der Waals surface area contributed by atoms with E-state index in [1.54, 1.807) is 0 Å². The van der Waals surface area contributed by atoms with Crippen molar-refractivity contribution in [2.24, 2.45) is 0 Å². The molecule has 0 saturated carbocycles. The first kappa shape index (κ1) is 52.0. The van der Waals surface area contributed by atoms with Gasteiger partial charge < -0.3 is 14.2 Å². The molecule has 0 atom stereocenters. The molecule has 0 aliphatic carbocycles. The number of hydrogen-bond donors (Lipinski definition) is 0. The molecule has 0 aromatic carbocycles. The molecule has 0 amide bonds. The molecule has 0 aromatic rings. The van der Waals surface area contributed by atoms with E-state index < -0.39 is 89.5 Å². The third-order valence-corrected chi connectivity index (χ3v) is 1.43. The maximum Gasteiger partial charge on any atom is 0.342 e. The van der Waals surface area contributed by atoms with Gasteiger partial charge in [-0.1, -0.05) is 0 Å². The highest BCUT2D eigenvalue weighted by Crippen LogP contribution is 2.10. The minimum absolute atomic E-state index is 0.250. The summed E-state index contributed by atoms with van der Waals surface area (Å²) in [5, 5.41) is 0. The molecule has 0 unspecified atom stereocenters. The summed E-state index contributed by atoms with van der Waals surface area (Å²) >= 11 is 0. The number of ether oxygens (including phenoxy) is 3. The highest BCUT2D eigenvalue weighted by molar-refractivity contribution is 4.81. The topological polar surface area (TPSA) is 27.7 Å². The number of alkyl halides is 8. The van der Waals surface area contributed by atoms with Crippen LogP contribution in [0.25, 0.3) is 0 Å². The number of hydrogen-bond acceptors (Lipinski definition) is 3. The Hall–Kier alpha value is -2.57. The average Bonchev–Trinajstić information content (AvgIpc) is 2.92. The van der Waals surface area contributed by atoms with Gasteiger partial charge in [0.15, 0.2) is 0 Å². The Labute approximate surface area is 207 Å². The second-order valence-electron chi connectivity index (χ2n) is 3.86. The molecule has 0 N–H and O–H groups in total. The normalized spacial score (nSPS) is 7.89. The van der Waals surface area contributed by atoms with E-state index in [0.29, 0.717) is 14.4 Å². The monoisotopic (exact) mass is 614 g/mol. The van der Waals surface area contributed by atoms with Gasteiger partial charge in [0.2, 0.25) is 0 Å². The van der Waals surface area contributed by atoms with Crippen LogP contribution >= 0.6 is 0 Å². The van der Waals surface area contributed by atoms with Crippen LogP contribution in [-0.2, 0) is 14.2 Å². The van der Waals surface area contributed by atoms with Gasteiger partial charge in [-0.2, -0.15) is 39.5 Å². The van der Waals surface area contributed by atoms with Crippen molar-refractivity contribution in [1.82, 2.24) is 0 Å². The molecule has 0 spiro atoms. The van der Waals surface area contributed by atoms with Crippen molar-refractivity contribution in [3.63, 3.8) is 0 Å². The molecule has 0 bridgehead atoms. The van der Waals surface area contributed by atoms with Crippen molar-refractivity contribution in [3.05, 3.63) is 36.3 Å². The third kappa shape index (κ3) is 69.9. The van der Waals surface area contributed by atoms with Crippen molar-refractivity contribution < 1.29 is 88.8 Å². The molecule has 0 heterocycles. The first-order valence-electron chi connectivity index (χ1n) is 9.00. The van der Waals surface area contributed by atoms with Crippen LogP contribution in [0.5, 0.6) is 0 Å².